The van der Waals surface area contributed by atoms with Gasteiger partial charge in [0.05, 0.1) is 11.3 Å². The third-order valence-corrected chi connectivity index (χ3v) is 3.90. The molecule has 1 aliphatic heterocycles. The Morgan fingerprint density at radius 1 is 1.47 bits per heavy atom. The van der Waals surface area contributed by atoms with Gasteiger partial charge >= 0.3 is 0 Å². The zero-order valence-electron chi connectivity index (χ0n) is 9.61. The summed E-state index contributed by atoms with van der Waals surface area (Å²) in [6.07, 6.45) is 0. The zero-order valence-corrected chi connectivity index (χ0v) is 11.2. The van der Waals surface area contributed by atoms with E-state index in [1.54, 1.807) is 0 Å². The molecule has 90 valence electrons. The first-order chi connectivity index (χ1) is 8.08. The highest BCUT2D eigenvalue weighted by molar-refractivity contribution is 8.15. The fraction of sp³-hybridized carbons (Fsp3) is 0.333. The number of carbonyl (C=O) groups excluding carboxylic acids is 1. The van der Waals surface area contributed by atoms with Crippen molar-refractivity contribution in [2.45, 2.75) is 25.1 Å². The third kappa shape index (κ3) is 2.82. The highest BCUT2D eigenvalue weighted by Gasteiger charge is 2.26. The summed E-state index contributed by atoms with van der Waals surface area (Å²) in [6.45, 7) is 3.83. The molecule has 1 heterocycles. The van der Waals surface area contributed by atoms with Crippen LogP contribution < -0.4 is 5.32 Å². The van der Waals surface area contributed by atoms with E-state index >= 15 is 0 Å². The van der Waals surface area contributed by atoms with Crippen LogP contribution in [0.15, 0.2) is 29.3 Å². The van der Waals surface area contributed by atoms with Crippen molar-refractivity contribution in [3.8, 4) is 0 Å². The minimum Gasteiger partial charge on any atom is -0.304 e. The van der Waals surface area contributed by atoms with Crippen LogP contribution in [0.25, 0.3) is 0 Å². The summed E-state index contributed by atoms with van der Waals surface area (Å²) in [4.78, 5) is 15.8. The summed E-state index contributed by atoms with van der Waals surface area (Å²) in [5, 5.41) is 4.07. The summed E-state index contributed by atoms with van der Waals surface area (Å²) in [6, 6.07) is 7.55. The number of nitrogens with zero attached hydrogens (tertiary/aromatic N) is 1. The van der Waals surface area contributed by atoms with Crippen LogP contribution in [0.1, 0.15) is 25.5 Å². The van der Waals surface area contributed by atoms with Gasteiger partial charge in [0, 0.05) is 5.02 Å². The SMILES string of the molecule is C[C@@H]1SC(=N[C@@H](C)c2ccccc2Cl)NC1=O. The van der Waals surface area contributed by atoms with Crippen LogP contribution >= 0.6 is 23.4 Å². The standard InChI is InChI=1S/C12H13ClN2OS/c1-7(9-5-3-4-6-10(9)13)14-12-15-11(16)8(2)17-12/h3-8H,1-2H3,(H,14,15,16)/t7-,8-/m0/s1. The highest BCUT2D eigenvalue weighted by atomic mass is 35.5. The molecule has 1 aromatic carbocycles. The van der Waals surface area contributed by atoms with Crippen molar-refractivity contribution < 1.29 is 4.79 Å². The van der Waals surface area contributed by atoms with E-state index in [4.69, 9.17) is 11.6 Å². The first kappa shape index (κ1) is 12.5. The van der Waals surface area contributed by atoms with E-state index in [0.717, 1.165) is 5.56 Å². The number of amides is 1. The normalized spacial score (nSPS) is 23.8. The zero-order chi connectivity index (χ0) is 12.4. The van der Waals surface area contributed by atoms with Gasteiger partial charge in [-0.3, -0.25) is 9.79 Å². The molecule has 1 fully saturated rings. The van der Waals surface area contributed by atoms with Crippen molar-refractivity contribution in [3.63, 3.8) is 0 Å². The largest absolute Gasteiger partial charge is 0.304 e. The molecule has 0 radical (unpaired) electrons. The molecule has 1 N–H and O–H groups in total. The number of nitrogens with one attached hydrogen (secondary N) is 1. The second-order valence-corrected chi connectivity index (χ2v) is 5.62. The molecule has 17 heavy (non-hydrogen) atoms. The molecule has 1 aromatic rings. The maximum absolute atomic E-state index is 11.3. The van der Waals surface area contributed by atoms with Crippen molar-refractivity contribution in [1.29, 1.82) is 0 Å². The Bertz CT molecular complexity index is 475. The van der Waals surface area contributed by atoms with Crippen molar-refractivity contribution in [1.82, 2.24) is 5.32 Å². The third-order valence-electron chi connectivity index (χ3n) is 2.55. The number of hydrogen-bond donors (Lipinski definition) is 1. The predicted octanol–water partition coefficient (Wildman–Crippen LogP) is 3.01. The molecule has 1 amide bonds. The van der Waals surface area contributed by atoms with Gasteiger partial charge in [0.15, 0.2) is 5.17 Å². The van der Waals surface area contributed by atoms with Gasteiger partial charge in [-0.05, 0) is 25.5 Å². The summed E-state index contributed by atoms with van der Waals surface area (Å²) in [7, 11) is 0. The molecule has 0 aliphatic carbocycles. The number of hydrogen-bond acceptors (Lipinski definition) is 3. The van der Waals surface area contributed by atoms with Crippen LogP contribution in [0.5, 0.6) is 0 Å². The molecule has 1 saturated heterocycles. The second-order valence-electron chi connectivity index (χ2n) is 3.88. The molecule has 0 aromatic heterocycles. The Kier molecular flexibility index (Phi) is 3.74. The van der Waals surface area contributed by atoms with E-state index < -0.39 is 0 Å². The van der Waals surface area contributed by atoms with Gasteiger partial charge in [0.25, 0.3) is 0 Å². The molecule has 0 saturated carbocycles. The van der Waals surface area contributed by atoms with Crippen LogP contribution in [-0.2, 0) is 4.79 Å². The molecule has 2 atom stereocenters. The van der Waals surface area contributed by atoms with Crippen LogP contribution in [0.4, 0.5) is 0 Å². The summed E-state index contributed by atoms with van der Waals surface area (Å²) in [5.74, 6) is 0.0140. The van der Waals surface area contributed by atoms with Gasteiger partial charge in [-0.15, -0.1) is 0 Å². The lowest BCUT2D eigenvalue weighted by Gasteiger charge is -2.09. The van der Waals surface area contributed by atoms with Gasteiger partial charge in [-0.25, -0.2) is 0 Å². The Morgan fingerprint density at radius 2 is 2.18 bits per heavy atom. The quantitative estimate of drug-likeness (QED) is 0.896. The number of carbonyl (C=O) groups is 1. The number of aliphatic imine (C=N–C) groups is 1. The van der Waals surface area contributed by atoms with Crippen molar-refractivity contribution in [3.05, 3.63) is 34.9 Å². The summed E-state index contributed by atoms with van der Waals surface area (Å²) in [5.41, 5.74) is 0.969. The van der Waals surface area contributed by atoms with Gasteiger partial charge in [0.1, 0.15) is 0 Å². The maximum atomic E-state index is 11.3. The van der Waals surface area contributed by atoms with E-state index in [-0.39, 0.29) is 17.2 Å². The minimum atomic E-state index is -0.0628. The van der Waals surface area contributed by atoms with E-state index in [0.29, 0.717) is 10.2 Å². The number of benzene rings is 1. The molecule has 0 unspecified atom stereocenters. The number of rotatable bonds is 2. The van der Waals surface area contributed by atoms with Crippen LogP contribution in [0.3, 0.4) is 0 Å². The lowest BCUT2D eigenvalue weighted by atomic mass is 10.1. The van der Waals surface area contributed by atoms with Crippen molar-refractivity contribution >= 4 is 34.4 Å². The molecule has 1 aliphatic rings. The second kappa shape index (κ2) is 5.10. The highest BCUT2D eigenvalue weighted by Crippen LogP contribution is 2.27. The molecule has 0 spiro atoms. The molecule has 5 heteroatoms. The fourth-order valence-electron chi connectivity index (χ4n) is 1.58. The number of amidine groups is 1. The lowest BCUT2D eigenvalue weighted by molar-refractivity contribution is -0.118. The molecule has 0 bridgehead atoms. The Morgan fingerprint density at radius 3 is 2.76 bits per heavy atom. The van der Waals surface area contributed by atoms with Crippen molar-refractivity contribution in [2.75, 3.05) is 0 Å². The average Bonchev–Trinajstić information content (AvgIpc) is 2.58. The number of halogens is 1. The topological polar surface area (TPSA) is 41.5 Å². The smallest absolute Gasteiger partial charge is 0.239 e. The molecular weight excluding hydrogens is 256 g/mol. The Hall–Kier alpha value is -1.00. The van der Waals surface area contributed by atoms with Crippen molar-refractivity contribution in [2.24, 2.45) is 4.99 Å². The first-order valence-electron chi connectivity index (χ1n) is 5.37. The van der Waals surface area contributed by atoms with Crippen LogP contribution in [0.2, 0.25) is 5.02 Å². The van der Waals surface area contributed by atoms with Gasteiger partial charge in [-0.1, -0.05) is 41.6 Å². The Labute approximate surface area is 110 Å². The van der Waals surface area contributed by atoms with Crippen LogP contribution in [-0.4, -0.2) is 16.3 Å². The fourth-order valence-corrected chi connectivity index (χ4v) is 2.75. The van der Waals surface area contributed by atoms with E-state index in [2.05, 4.69) is 10.3 Å². The van der Waals surface area contributed by atoms with E-state index in [1.165, 1.54) is 11.8 Å². The lowest BCUT2D eigenvalue weighted by Crippen LogP contribution is -2.23. The molecular formula is C12H13ClN2OS. The number of thioether (sulfide) groups is 1. The van der Waals surface area contributed by atoms with Gasteiger partial charge in [-0.2, -0.15) is 0 Å². The first-order valence-corrected chi connectivity index (χ1v) is 6.63. The summed E-state index contributed by atoms with van der Waals surface area (Å²) >= 11 is 7.55. The van der Waals surface area contributed by atoms with E-state index in [9.17, 15) is 4.79 Å². The van der Waals surface area contributed by atoms with E-state index in [1.807, 2.05) is 38.1 Å². The van der Waals surface area contributed by atoms with Crippen LogP contribution in [0, 0.1) is 0 Å². The minimum absolute atomic E-state index is 0.0140. The maximum Gasteiger partial charge on any atom is 0.239 e. The predicted molar refractivity (Wildman–Crippen MR) is 72.5 cm³/mol. The molecule has 2 rings (SSSR count). The monoisotopic (exact) mass is 268 g/mol. The Balaban J connectivity index is 2.17. The summed E-state index contributed by atoms with van der Waals surface area (Å²) < 4.78 is 0. The average molecular weight is 269 g/mol. The van der Waals surface area contributed by atoms with Gasteiger partial charge in [0.2, 0.25) is 5.91 Å². The van der Waals surface area contributed by atoms with Gasteiger partial charge < -0.3 is 5.32 Å². The molecule has 3 nitrogen and oxygen atoms in total.